The van der Waals surface area contributed by atoms with E-state index in [0.717, 1.165) is 19.3 Å². The summed E-state index contributed by atoms with van der Waals surface area (Å²) in [7, 11) is 0. The largest absolute Gasteiger partial charge is 0.481 e. The number of carbonyl (C=O) groups is 2. The molecule has 0 saturated carbocycles. The summed E-state index contributed by atoms with van der Waals surface area (Å²) in [5, 5.41) is 11.7. The number of nitrogens with two attached hydrogens (primary N) is 1. The molecule has 0 aromatic carbocycles. The van der Waals surface area contributed by atoms with Gasteiger partial charge < -0.3 is 16.2 Å². The molecule has 0 aromatic rings. The predicted molar refractivity (Wildman–Crippen MR) is 75.7 cm³/mol. The predicted octanol–water partition coefficient (Wildman–Crippen LogP) is 1.76. The Morgan fingerprint density at radius 1 is 1.26 bits per heavy atom. The summed E-state index contributed by atoms with van der Waals surface area (Å²) in [5.41, 5.74) is 5.51. The molecular weight excluding hydrogens is 244 g/mol. The Bertz CT molecular complexity index is 292. The van der Waals surface area contributed by atoms with Crippen molar-refractivity contribution in [3.63, 3.8) is 0 Å². The van der Waals surface area contributed by atoms with Crippen molar-refractivity contribution in [2.75, 3.05) is 0 Å². The summed E-state index contributed by atoms with van der Waals surface area (Å²) in [5.74, 6) is -0.701. The molecule has 0 bridgehead atoms. The van der Waals surface area contributed by atoms with Crippen LogP contribution in [0.2, 0.25) is 0 Å². The minimum absolute atomic E-state index is 0.0594. The Labute approximate surface area is 115 Å². The molecule has 0 rings (SSSR count). The average molecular weight is 272 g/mol. The lowest BCUT2D eigenvalue weighted by atomic mass is 9.84. The highest BCUT2D eigenvalue weighted by molar-refractivity contribution is 5.82. The van der Waals surface area contributed by atoms with Crippen LogP contribution < -0.4 is 11.1 Å². The third-order valence-electron chi connectivity index (χ3n) is 3.68. The van der Waals surface area contributed by atoms with Crippen molar-refractivity contribution in [2.45, 2.75) is 65.5 Å². The second kappa shape index (κ2) is 8.91. The molecular formula is C14H28N2O3. The monoisotopic (exact) mass is 272 g/mol. The lowest BCUT2D eigenvalue weighted by Gasteiger charge is -2.29. The number of carboxylic acids is 1. The molecule has 19 heavy (non-hydrogen) atoms. The Morgan fingerprint density at radius 3 is 2.26 bits per heavy atom. The van der Waals surface area contributed by atoms with Gasteiger partial charge in [0.05, 0.1) is 12.5 Å². The fourth-order valence-corrected chi connectivity index (χ4v) is 2.06. The number of carbonyl (C=O) groups excluding carboxylic acids is 1. The van der Waals surface area contributed by atoms with Gasteiger partial charge >= 0.3 is 5.97 Å². The van der Waals surface area contributed by atoms with Crippen LogP contribution in [0.25, 0.3) is 0 Å². The molecule has 0 aromatic heterocycles. The first-order chi connectivity index (χ1) is 8.79. The Balaban J connectivity index is 4.63. The van der Waals surface area contributed by atoms with E-state index in [1.807, 2.05) is 6.92 Å². The molecule has 0 radical (unpaired) electrons. The van der Waals surface area contributed by atoms with Crippen LogP contribution in [0.3, 0.4) is 0 Å². The SMILES string of the molecule is CCCCC(C)C(C)C(CC(=O)O)NC(=O)[C@H](C)N. The van der Waals surface area contributed by atoms with Gasteiger partial charge in [-0.15, -0.1) is 0 Å². The van der Waals surface area contributed by atoms with E-state index >= 15 is 0 Å². The Kier molecular flexibility index (Phi) is 8.39. The molecule has 1 amide bonds. The number of nitrogens with one attached hydrogen (secondary N) is 1. The van der Waals surface area contributed by atoms with Gasteiger partial charge in [0.25, 0.3) is 0 Å². The van der Waals surface area contributed by atoms with Gasteiger partial charge in [-0.2, -0.15) is 0 Å². The van der Waals surface area contributed by atoms with E-state index in [0.29, 0.717) is 5.92 Å². The molecule has 4 N–H and O–H groups in total. The van der Waals surface area contributed by atoms with Crippen molar-refractivity contribution in [3.05, 3.63) is 0 Å². The quantitative estimate of drug-likeness (QED) is 0.596. The first-order valence-electron chi connectivity index (χ1n) is 7.07. The lowest BCUT2D eigenvalue weighted by molar-refractivity contribution is -0.138. The highest BCUT2D eigenvalue weighted by Crippen LogP contribution is 2.23. The normalized spacial score (nSPS) is 17.3. The molecule has 0 saturated heterocycles. The zero-order chi connectivity index (χ0) is 15.0. The van der Waals surface area contributed by atoms with E-state index in [9.17, 15) is 9.59 Å². The summed E-state index contributed by atoms with van der Waals surface area (Å²) in [6.45, 7) is 7.82. The molecule has 5 heteroatoms. The lowest BCUT2D eigenvalue weighted by Crippen LogP contribution is -2.48. The van der Waals surface area contributed by atoms with E-state index in [1.54, 1.807) is 6.92 Å². The Hall–Kier alpha value is -1.10. The van der Waals surface area contributed by atoms with E-state index in [1.165, 1.54) is 0 Å². The topological polar surface area (TPSA) is 92.4 Å². The van der Waals surface area contributed by atoms with E-state index in [-0.39, 0.29) is 24.3 Å². The summed E-state index contributed by atoms with van der Waals surface area (Å²) in [6, 6.07) is -0.975. The standard InChI is InChI=1S/C14H28N2O3/c1-5-6-7-9(2)10(3)12(8-13(17)18)16-14(19)11(4)15/h9-12H,5-8,15H2,1-4H3,(H,16,19)(H,17,18)/t9?,10?,11-,12?/m0/s1. The maximum Gasteiger partial charge on any atom is 0.305 e. The number of unbranched alkanes of at least 4 members (excludes halogenated alkanes) is 1. The zero-order valence-electron chi connectivity index (χ0n) is 12.5. The van der Waals surface area contributed by atoms with E-state index < -0.39 is 12.0 Å². The number of carboxylic acid groups (broad SMARTS) is 1. The van der Waals surface area contributed by atoms with Crippen molar-refractivity contribution >= 4 is 11.9 Å². The van der Waals surface area contributed by atoms with Gasteiger partial charge in [0, 0.05) is 6.04 Å². The zero-order valence-corrected chi connectivity index (χ0v) is 12.5. The molecule has 112 valence electrons. The molecule has 3 unspecified atom stereocenters. The number of amides is 1. The van der Waals surface area contributed by atoms with Crippen LogP contribution in [-0.2, 0) is 9.59 Å². The molecule has 5 nitrogen and oxygen atoms in total. The molecule has 0 fully saturated rings. The number of hydrogen-bond acceptors (Lipinski definition) is 3. The number of rotatable bonds is 9. The summed E-state index contributed by atoms with van der Waals surface area (Å²) < 4.78 is 0. The van der Waals surface area contributed by atoms with Crippen molar-refractivity contribution in [3.8, 4) is 0 Å². The molecule has 4 atom stereocenters. The van der Waals surface area contributed by atoms with Crippen LogP contribution in [0, 0.1) is 11.8 Å². The van der Waals surface area contributed by atoms with E-state index in [4.69, 9.17) is 10.8 Å². The Morgan fingerprint density at radius 2 is 1.84 bits per heavy atom. The van der Waals surface area contributed by atoms with Crippen molar-refractivity contribution in [1.29, 1.82) is 0 Å². The second-order valence-electron chi connectivity index (χ2n) is 5.48. The van der Waals surface area contributed by atoms with Gasteiger partial charge in [0.2, 0.25) is 5.91 Å². The van der Waals surface area contributed by atoms with Gasteiger partial charge in [-0.05, 0) is 18.8 Å². The highest BCUT2D eigenvalue weighted by Gasteiger charge is 2.26. The van der Waals surface area contributed by atoms with Crippen molar-refractivity contribution in [1.82, 2.24) is 5.32 Å². The van der Waals surface area contributed by atoms with Crippen LogP contribution in [0.1, 0.15) is 53.4 Å². The first kappa shape index (κ1) is 17.9. The van der Waals surface area contributed by atoms with Gasteiger partial charge in [0.1, 0.15) is 0 Å². The third-order valence-corrected chi connectivity index (χ3v) is 3.68. The smallest absolute Gasteiger partial charge is 0.305 e. The number of aliphatic carboxylic acids is 1. The van der Waals surface area contributed by atoms with Gasteiger partial charge in [0.15, 0.2) is 0 Å². The van der Waals surface area contributed by atoms with Crippen molar-refractivity contribution < 1.29 is 14.7 Å². The maximum atomic E-state index is 11.6. The maximum absolute atomic E-state index is 11.6. The fourth-order valence-electron chi connectivity index (χ4n) is 2.06. The number of hydrogen-bond donors (Lipinski definition) is 3. The minimum atomic E-state index is -0.899. The molecule has 0 aliphatic heterocycles. The van der Waals surface area contributed by atoms with Crippen molar-refractivity contribution in [2.24, 2.45) is 17.6 Å². The molecule has 0 aliphatic rings. The molecule has 0 heterocycles. The van der Waals surface area contributed by atoms with Gasteiger partial charge in [-0.1, -0.05) is 40.0 Å². The minimum Gasteiger partial charge on any atom is -0.481 e. The second-order valence-corrected chi connectivity index (χ2v) is 5.48. The van der Waals surface area contributed by atoms with Crippen LogP contribution in [0.15, 0.2) is 0 Å². The summed E-state index contributed by atoms with van der Waals surface area (Å²) >= 11 is 0. The summed E-state index contributed by atoms with van der Waals surface area (Å²) in [4.78, 5) is 22.6. The van der Waals surface area contributed by atoms with Crippen LogP contribution >= 0.6 is 0 Å². The van der Waals surface area contributed by atoms with E-state index in [2.05, 4.69) is 19.2 Å². The van der Waals surface area contributed by atoms with Crippen LogP contribution in [0.4, 0.5) is 0 Å². The molecule has 0 spiro atoms. The molecule has 0 aliphatic carbocycles. The third kappa shape index (κ3) is 7.15. The summed E-state index contributed by atoms with van der Waals surface area (Å²) in [6.07, 6.45) is 3.22. The van der Waals surface area contributed by atoms with Crippen LogP contribution in [-0.4, -0.2) is 29.1 Å². The fraction of sp³-hybridized carbons (Fsp3) is 0.857. The average Bonchev–Trinajstić information content (AvgIpc) is 2.33. The van der Waals surface area contributed by atoms with Gasteiger partial charge in [-0.25, -0.2) is 0 Å². The first-order valence-corrected chi connectivity index (χ1v) is 7.07. The van der Waals surface area contributed by atoms with Gasteiger partial charge in [-0.3, -0.25) is 9.59 Å². The van der Waals surface area contributed by atoms with Crippen LogP contribution in [0.5, 0.6) is 0 Å². The highest BCUT2D eigenvalue weighted by atomic mass is 16.4.